The molecule has 1 fully saturated rings. The van der Waals surface area contributed by atoms with E-state index in [9.17, 15) is 8.42 Å². The van der Waals surface area contributed by atoms with E-state index in [1.165, 1.54) is 12.3 Å². The minimum atomic E-state index is -3.61. The fraction of sp³-hybridized carbons (Fsp3) is 0.545. The zero-order valence-electron chi connectivity index (χ0n) is 10.3. The Morgan fingerprint density at radius 2 is 2.37 bits per heavy atom. The van der Waals surface area contributed by atoms with Gasteiger partial charge in [-0.2, -0.15) is 0 Å². The Kier molecular flexibility index (Phi) is 4.77. The number of aromatic nitrogens is 1. The van der Waals surface area contributed by atoms with Gasteiger partial charge in [0.15, 0.2) is 0 Å². The van der Waals surface area contributed by atoms with E-state index >= 15 is 0 Å². The number of hydrogen-bond donors (Lipinski definition) is 2. The molecule has 1 saturated heterocycles. The lowest BCUT2D eigenvalue weighted by molar-refractivity contribution is 0.184. The molecular weight excluding hydrogens is 334 g/mol. The quantitative estimate of drug-likeness (QED) is 0.830. The Labute approximate surface area is 120 Å². The van der Waals surface area contributed by atoms with Crippen LogP contribution in [0.25, 0.3) is 0 Å². The summed E-state index contributed by atoms with van der Waals surface area (Å²) in [6, 6.07) is 1.45. The van der Waals surface area contributed by atoms with Crippen LogP contribution in [-0.2, 0) is 14.8 Å². The number of nitrogen functional groups attached to an aromatic ring is 1. The molecule has 1 unspecified atom stereocenters. The summed E-state index contributed by atoms with van der Waals surface area (Å²) in [4.78, 5) is 3.83. The molecule has 1 aromatic heterocycles. The number of sulfonamides is 1. The first-order chi connectivity index (χ1) is 8.99. The fourth-order valence-electron chi connectivity index (χ4n) is 1.93. The normalized spacial score (nSPS) is 19.7. The molecule has 2 heterocycles. The number of anilines is 1. The maximum absolute atomic E-state index is 12.1. The molecular formula is C11H16BrN3O3S. The Morgan fingerprint density at radius 3 is 3.05 bits per heavy atom. The minimum absolute atomic E-state index is 0.0000929. The summed E-state index contributed by atoms with van der Waals surface area (Å²) in [5.41, 5.74) is 5.60. The van der Waals surface area contributed by atoms with E-state index in [0.29, 0.717) is 23.5 Å². The highest BCUT2D eigenvalue weighted by molar-refractivity contribution is 9.10. The number of ether oxygens (including phenoxy) is 1. The van der Waals surface area contributed by atoms with Crippen LogP contribution >= 0.6 is 15.9 Å². The third-order valence-electron chi connectivity index (χ3n) is 3.01. The van der Waals surface area contributed by atoms with Crippen LogP contribution in [0.4, 0.5) is 5.82 Å². The van der Waals surface area contributed by atoms with Gasteiger partial charge in [-0.15, -0.1) is 0 Å². The van der Waals surface area contributed by atoms with Crippen molar-refractivity contribution in [2.24, 2.45) is 5.92 Å². The van der Waals surface area contributed by atoms with Gasteiger partial charge in [-0.25, -0.2) is 18.1 Å². The van der Waals surface area contributed by atoms with Crippen LogP contribution in [0.2, 0.25) is 0 Å². The second kappa shape index (κ2) is 6.17. The molecule has 6 nitrogen and oxygen atoms in total. The Balaban J connectivity index is 1.99. The van der Waals surface area contributed by atoms with Crippen LogP contribution in [0.1, 0.15) is 12.8 Å². The lowest BCUT2D eigenvalue weighted by atomic mass is 10.1. The van der Waals surface area contributed by atoms with Crippen LogP contribution in [0.15, 0.2) is 21.6 Å². The second-order valence-corrected chi connectivity index (χ2v) is 7.10. The molecule has 0 radical (unpaired) electrons. The second-order valence-electron chi connectivity index (χ2n) is 4.45. The van der Waals surface area contributed by atoms with Crippen molar-refractivity contribution < 1.29 is 13.2 Å². The predicted molar refractivity (Wildman–Crippen MR) is 75.1 cm³/mol. The molecule has 0 spiro atoms. The van der Waals surface area contributed by atoms with E-state index in [-0.39, 0.29) is 10.7 Å². The molecule has 0 amide bonds. The molecule has 106 valence electrons. The van der Waals surface area contributed by atoms with Gasteiger partial charge < -0.3 is 10.5 Å². The van der Waals surface area contributed by atoms with Crippen molar-refractivity contribution >= 4 is 31.8 Å². The zero-order valence-corrected chi connectivity index (χ0v) is 12.7. The molecule has 1 atom stereocenters. The molecule has 19 heavy (non-hydrogen) atoms. The van der Waals surface area contributed by atoms with Crippen LogP contribution in [0, 0.1) is 5.92 Å². The number of hydrogen-bond acceptors (Lipinski definition) is 5. The molecule has 8 heteroatoms. The molecule has 3 N–H and O–H groups in total. The summed E-state index contributed by atoms with van der Waals surface area (Å²) in [6.07, 6.45) is 3.22. The summed E-state index contributed by atoms with van der Waals surface area (Å²) in [5.74, 6) is 0.431. The van der Waals surface area contributed by atoms with Crippen molar-refractivity contribution in [3.05, 3.63) is 16.7 Å². The van der Waals surface area contributed by atoms with Crippen LogP contribution in [0.3, 0.4) is 0 Å². The molecule has 1 aliphatic rings. The van der Waals surface area contributed by atoms with E-state index in [1.54, 1.807) is 0 Å². The molecule has 2 rings (SSSR count). The standard InChI is InChI=1S/C11H16BrN3O3S/c12-9-5-10(11(13)14-6-9)19(16,17)15-3-1-8-2-4-18-7-8/h5-6,8,15H,1-4,7H2,(H2,13,14). The van der Waals surface area contributed by atoms with Gasteiger partial charge in [-0.1, -0.05) is 0 Å². The number of nitrogens with two attached hydrogens (primary N) is 1. The van der Waals surface area contributed by atoms with Crippen LogP contribution in [-0.4, -0.2) is 33.2 Å². The van der Waals surface area contributed by atoms with Crippen molar-refractivity contribution in [3.8, 4) is 0 Å². The number of nitrogens with one attached hydrogen (secondary N) is 1. The van der Waals surface area contributed by atoms with E-state index in [0.717, 1.165) is 19.4 Å². The molecule has 1 aliphatic heterocycles. The van der Waals surface area contributed by atoms with Crippen LogP contribution in [0.5, 0.6) is 0 Å². The highest BCUT2D eigenvalue weighted by Gasteiger charge is 2.20. The summed E-state index contributed by atoms with van der Waals surface area (Å²) >= 11 is 3.18. The van der Waals surface area contributed by atoms with E-state index in [2.05, 4.69) is 25.6 Å². The maximum atomic E-state index is 12.1. The average molecular weight is 350 g/mol. The Hall–Kier alpha value is -0.700. The lowest BCUT2D eigenvalue weighted by Crippen LogP contribution is -2.27. The largest absolute Gasteiger partial charge is 0.383 e. The van der Waals surface area contributed by atoms with Gasteiger partial charge in [-0.05, 0) is 40.8 Å². The van der Waals surface area contributed by atoms with Crippen molar-refractivity contribution in [3.63, 3.8) is 0 Å². The van der Waals surface area contributed by atoms with Gasteiger partial charge in [0.25, 0.3) is 0 Å². The Bertz CT molecular complexity index is 544. The van der Waals surface area contributed by atoms with Gasteiger partial charge in [0, 0.05) is 30.4 Å². The first-order valence-electron chi connectivity index (χ1n) is 5.97. The number of rotatable bonds is 5. The minimum Gasteiger partial charge on any atom is -0.383 e. The predicted octanol–water partition coefficient (Wildman–Crippen LogP) is 1.13. The van der Waals surface area contributed by atoms with Gasteiger partial charge >= 0.3 is 0 Å². The van der Waals surface area contributed by atoms with Gasteiger partial charge in [0.2, 0.25) is 10.0 Å². The highest BCUT2D eigenvalue weighted by Crippen LogP contribution is 2.21. The first-order valence-corrected chi connectivity index (χ1v) is 8.25. The lowest BCUT2D eigenvalue weighted by Gasteiger charge is -2.10. The summed E-state index contributed by atoms with van der Waals surface area (Å²) in [7, 11) is -3.61. The zero-order chi connectivity index (χ0) is 13.9. The van der Waals surface area contributed by atoms with Gasteiger partial charge in [0.1, 0.15) is 10.7 Å². The Morgan fingerprint density at radius 1 is 1.58 bits per heavy atom. The van der Waals surface area contributed by atoms with Crippen molar-refractivity contribution in [1.82, 2.24) is 9.71 Å². The van der Waals surface area contributed by atoms with E-state index in [1.807, 2.05) is 0 Å². The summed E-state index contributed by atoms with van der Waals surface area (Å²) in [5, 5.41) is 0. The summed E-state index contributed by atoms with van der Waals surface area (Å²) < 4.78 is 32.6. The number of pyridine rings is 1. The van der Waals surface area contributed by atoms with E-state index < -0.39 is 10.0 Å². The molecule has 1 aromatic rings. The molecule has 0 aliphatic carbocycles. The highest BCUT2D eigenvalue weighted by atomic mass is 79.9. The molecule has 0 aromatic carbocycles. The number of nitrogens with zero attached hydrogens (tertiary/aromatic N) is 1. The first kappa shape index (κ1) is 14.7. The van der Waals surface area contributed by atoms with Gasteiger partial charge in [0.05, 0.1) is 0 Å². The van der Waals surface area contributed by atoms with Gasteiger partial charge in [-0.3, -0.25) is 0 Å². The van der Waals surface area contributed by atoms with Crippen molar-refractivity contribution in [2.75, 3.05) is 25.5 Å². The SMILES string of the molecule is Nc1ncc(Br)cc1S(=O)(=O)NCCC1CCOC1. The summed E-state index contributed by atoms with van der Waals surface area (Å²) in [6.45, 7) is 1.85. The van der Waals surface area contributed by atoms with Crippen molar-refractivity contribution in [2.45, 2.75) is 17.7 Å². The average Bonchev–Trinajstić information content (AvgIpc) is 2.85. The molecule has 0 saturated carbocycles. The topological polar surface area (TPSA) is 94.3 Å². The number of halogens is 1. The third-order valence-corrected chi connectivity index (χ3v) is 4.93. The van der Waals surface area contributed by atoms with Crippen LogP contribution < -0.4 is 10.5 Å². The smallest absolute Gasteiger partial charge is 0.244 e. The van der Waals surface area contributed by atoms with Crippen molar-refractivity contribution in [1.29, 1.82) is 0 Å². The van der Waals surface area contributed by atoms with E-state index in [4.69, 9.17) is 10.5 Å². The third kappa shape index (κ3) is 3.88. The fourth-order valence-corrected chi connectivity index (χ4v) is 3.57. The maximum Gasteiger partial charge on any atom is 0.244 e. The molecule has 0 bridgehead atoms. The monoisotopic (exact) mass is 349 g/mol.